The fourth-order valence-electron chi connectivity index (χ4n) is 0.897. The smallest absolute Gasteiger partial charge is 0.305 e. The van der Waals surface area contributed by atoms with Gasteiger partial charge in [-0.05, 0) is 12.1 Å². The molecule has 4 nitrogen and oxygen atoms in total. The van der Waals surface area contributed by atoms with Crippen molar-refractivity contribution in [1.82, 2.24) is 4.98 Å². The number of rotatable bonds is 3. The third-order valence-corrected chi connectivity index (χ3v) is 1.62. The van der Waals surface area contributed by atoms with Crippen molar-refractivity contribution < 1.29 is 14.6 Å². The Morgan fingerprint density at radius 3 is 2.92 bits per heavy atom. The minimum atomic E-state index is -0.255. The van der Waals surface area contributed by atoms with Crippen LogP contribution in [0.4, 0.5) is 0 Å². The monoisotopic (exact) mass is 181 g/mol. The van der Waals surface area contributed by atoms with Crippen molar-refractivity contribution in [2.45, 2.75) is 12.8 Å². The topological polar surface area (TPSA) is 59.4 Å². The zero-order valence-electron chi connectivity index (χ0n) is 7.36. The number of aryl methyl sites for hydroxylation is 1. The summed E-state index contributed by atoms with van der Waals surface area (Å²) >= 11 is 0. The van der Waals surface area contributed by atoms with Crippen LogP contribution in [0, 0.1) is 0 Å². The van der Waals surface area contributed by atoms with Crippen LogP contribution in [0.15, 0.2) is 18.3 Å². The number of esters is 1. The minimum Gasteiger partial charge on any atom is -0.506 e. The van der Waals surface area contributed by atoms with E-state index in [-0.39, 0.29) is 11.7 Å². The molecule has 0 atom stereocenters. The first kappa shape index (κ1) is 9.51. The van der Waals surface area contributed by atoms with E-state index in [2.05, 4.69) is 9.72 Å². The normalized spacial score (nSPS) is 9.62. The molecule has 1 aromatic heterocycles. The first-order chi connectivity index (χ1) is 6.22. The number of hydrogen-bond acceptors (Lipinski definition) is 4. The fourth-order valence-corrected chi connectivity index (χ4v) is 0.897. The average Bonchev–Trinajstić information content (AvgIpc) is 2.16. The summed E-state index contributed by atoms with van der Waals surface area (Å²) in [5, 5.41) is 8.93. The summed E-state index contributed by atoms with van der Waals surface area (Å²) in [4.78, 5) is 14.7. The maximum atomic E-state index is 10.8. The van der Waals surface area contributed by atoms with Gasteiger partial charge < -0.3 is 9.84 Å². The van der Waals surface area contributed by atoms with Crippen molar-refractivity contribution in [3.05, 3.63) is 24.0 Å². The van der Waals surface area contributed by atoms with Gasteiger partial charge >= 0.3 is 5.97 Å². The fraction of sp³-hybridized carbons (Fsp3) is 0.333. The second kappa shape index (κ2) is 4.45. The van der Waals surface area contributed by atoms with Crippen LogP contribution in [0.2, 0.25) is 0 Å². The number of aromatic nitrogens is 1. The summed E-state index contributed by atoms with van der Waals surface area (Å²) in [5.74, 6) is -0.128. The lowest BCUT2D eigenvalue weighted by atomic mass is 10.2. The van der Waals surface area contributed by atoms with Crippen molar-refractivity contribution in [1.29, 1.82) is 0 Å². The molecule has 0 aliphatic heterocycles. The van der Waals surface area contributed by atoms with Crippen molar-refractivity contribution in [2.24, 2.45) is 0 Å². The van der Waals surface area contributed by atoms with Gasteiger partial charge in [-0.25, -0.2) is 0 Å². The van der Waals surface area contributed by atoms with Gasteiger partial charge in [-0.1, -0.05) is 0 Å². The molecular weight excluding hydrogens is 170 g/mol. The van der Waals surface area contributed by atoms with Gasteiger partial charge in [0, 0.05) is 12.1 Å². The lowest BCUT2D eigenvalue weighted by molar-refractivity contribution is -0.140. The van der Waals surface area contributed by atoms with Crippen LogP contribution < -0.4 is 0 Å². The summed E-state index contributed by atoms with van der Waals surface area (Å²) < 4.78 is 4.48. The van der Waals surface area contributed by atoms with Crippen LogP contribution in [-0.4, -0.2) is 23.2 Å². The third kappa shape index (κ3) is 3.11. The van der Waals surface area contributed by atoms with Gasteiger partial charge in [0.1, 0.15) is 5.75 Å². The first-order valence-electron chi connectivity index (χ1n) is 3.93. The quantitative estimate of drug-likeness (QED) is 0.703. The standard InChI is InChI=1S/C9H11NO3/c1-13-9(12)5-3-7-2-4-8(11)6-10-7/h2,4,6,11H,3,5H2,1H3. The third-order valence-electron chi connectivity index (χ3n) is 1.62. The Kier molecular flexibility index (Phi) is 3.25. The molecule has 0 amide bonds. The molecule has 0 spiro atoms. The van der Waals surface area contributed by atoms with Gasteiger partial charge in [0.15, 0.2) is 0 Å². The maximum Gasteiger partial charge on any atom is 0.305 e. The summed E-state index contributed by atoms with van der Waals surface area (Å²) in [6.45, 7) is 0. The number of pyridine rings is 1. The van der Waals surface area contributed by atoms with Crippen LogP contribution in [-0.2, 0) is 16.0 Å². The van der Waals surface area contributed by atoms with Gasteiger partial charge in [0.2, 0.25) is 0 Å². The molecule has 0 saturated carbocycles. The second-order valence-corrected chi connectivity index (χ2v) is 2.58. The van der Waals surface area contributed by atoms with E-state index >= 15 is 0 Å². The van der Waals surface area contributed by atoms with Crippen LogP contribution in [0.25, 0.3) is 0 Å². The molecule has 0 aliphatic rings. The van der Waals surface area contributed by atoms with Gasteiger partial charge in [-0.3, -0.25) is 9.78 Å². The molecule has 0 bridgehead atoms. The summed E-state index contributed by atoms with van der Waals surface area (Å²) in [7, 11) is 1.35. The largest absolute Gasteiger partial charge is 0.506 e. The van der Waals surface area contributed by atoms with E-state index in [1.807, 2.05) is 0 Å². The lowest BCUT2D eigenvalue weighted by Crippen LogP contribution is -2.02. The van der Waals surface area contributed by atoms with E-state index in [9.17, 15) is 4.79 Å². The van der Waals surface area contributed by atoms with E-state index in [0.717, 1.165) is 5.69 Å². The van der Waals surface area contributed by atoms with E-state index < -0.39 is 0 Å². The molecule has 1 rings (SSSR count). The predicted octanol–water partition coefficient (Wildman–Crippen LogP) is 0.893. The molecule has 0 unspecified atom stereocenters. The summed E-state index contributed by atoms with van der Waals surface area (Å²) in [5.41, 5.74) is 0.767. The van der Waals surface area contributed by atoms with Crippen molar-refractivity contribution >= 4 is 5.97 Å². The molecule has 13 heavy (non-hydrogen) atoms. The highest BCUT2D eigenvalue weighted by atomic mass is 16.5. The molecular formula is C9H11NO3. The van der Waals surface area contributed by atoms with E-state index in [1.165, 1.54) is 13.3 Å². The average molecular weight is 181 g/mol. The number of carbonyl (C=O) groups excluding carboxylic acids is 1. The maximum absolute atomic E-state index is 10.8. The molecule has 0 radical (unpaired) electrons. The van der Waals surface area contributed by atoms with E-state index in [0.29, 0.717) is 12.8 Å². The number of methoxy groups -OCH3 is 1. The zero-order valence-corrected chi connectivity index (χ0v) is 7.36. The Morgan fingerprint density at radius 2 is 2.38 bits per heavy atom. The predicted molar refractivity (Wildman–Crippen MR) is 46.2 cm³/mol. The Bertz CT molecular complexity index is 281. The SMILES string of the molecule is COC(=O)CCc1ccc(O)cn1. The molecule has 1 aromatic rings. The van der Waals surface area contributed by atoms with Crippen LogP contribution in [0.5, 0.6) is 5.75 Å². The molecule has 70 valence electrons. The van der Waals surface area contributed by atoms with Crippen LogP contribution >= 0.6 is 0 Å². The molecule has 4 heteroatoms. The van der Waals surface area contributed by atoms with Gasteiger partial charge in [0.05, 0.1) is 19.7 Å². The first-order valence-corrected chi connectivity index (χ1v) is 3.93. The zero-order chi connectivity index (χ0) is 9.68. The lowest BCUT2D eigenvalue weighted by Gasteiger charge is -1.99. The molecule has 0 fully saturated rings. The number of hydrogen-bond donors (Lipinski definition) is 1. The summed E-state index contributed by atoms with van der Waals surface area (Å²) in [6, 6.07) is 3.22. The Morgan fingerprint density at radius 1 is 1.62 bits per heavy atom. The molecule has 0 aromatic carbocycles. The molecule has 1 N–H and O–H groups in total. The van der Waals surface area contributed by atoms with Crippen LogP contribution in [0.1, 0.15) is 12.1 Å². The van der Waals surface area contributed by atoms with Crippen molar-refractivity contribution in [3.8, 4) is 5.75 Å². The van der Waals surface area contributed by atoms with Gasteiger partial charge in [0.25, 0.3) is 0 Å². The second-order valence-electron chi connectivity index (χ2n) is 2.58. The summed E-state index contributed by atoms with van der Waals surface area (Å²) in [6.07, 6.45) is 2.20. The van der Waals surface area contributed by atoms with Gasteiger partial charge in [-0.2, -0.15) is 0 Å². The van der Waals surface area contributed by atoms with E-state index in [1.54, 1.807) is 12.1 Å². The Balaban J connectivity index is 2.46. The molecule has 1 heterocycles. The Hall–Kier alpha value is -1.58. The van der Waals surface area contributed by atoms with Gasteiger partial charge in [-0.15, -0.1) is 0 Å². The van der Waals surface area contributed by atoms with Crippen molar-refractivity contribution in [2.75, 3.05) is 7.11 Å². The number of ether oxygens (including phenoxy) is 1. The Labute approximate surface area is 76.2 Å². The highest BCUT2D eigenvalue weighted by molar-refractivity contribution is 5.69. The number of nitrogens with zero attached hydrogens (tertiary/aromatic N) is 1. The minimum absolute atomic E-state index is 0.127. The van der Waals surface area contributed by atoms with E-state index in [4.69, 9.17) is 5.11 Å². The number of aromatic hydroxyl groups is 1. The van der Waals surface area contributed by atoms with Crippen molar-refractivity contribution in [3.63, 3.8) is 0 Å². The number of carbonyl (C=O) groups is 1. The van der Waals surface area contributed by atoms with Crippen LogP contribution in [0.3, 0.4) is 0 Å². The highest BCUT2D eigenvalue weighted by Crippen LogP contribution is 2.07. The molecule has 0 aliphatic carbocycles. The highest BCUT2D eigenvalue weighted by Gasteiger charge is 2.01. The molecule has 0 saturated heterocycles.